The molecule has 0 atom stereocenters. The molecule has 5 nitrogen and oxygen atoms in total. The van der Waals surface area contributed by atoms with Gasteiger partial charge in [-0.05, 0) is 54.4 Å². The van der Waals surface area contributed by atoms with E-state index in [1.807, 2.05) is 25.1 Å². The summed E-state index contributed by atoms with van der Waals surface area (Å²) >= 11 is 0. The van der Waals surface area contributed by atoms with Crippen LogP contribution >= 0.6 is 0 Å². The highest BCUT2D eigenvalue weighted by Crippen LogP contribution is 2.19. The highest BCUT2D eigenvalue weighted by atomic mass is 19.1. The Balaban J connectivity index is 1.69. The van der Waals surface area contributed by atoms with Gasteiger partial charge in [0.25, 0.3) is 5.91 Å². The molecule has 0 unspecified atom stereocenters. The van der Waals surface area contributed by atoms with Crippen molar-refractivity contribution in [1.29, 1.82) is 0 Å². The molecule has 0 saturated heterocycles. The van der Waals surface area contributed by atoms with Crippen molar-refractivity contribution in [3.05, 3.63) is 95.3 Å². The van der Waals surface area contributed by atoms with Crippen molar-refractivity contribution < 1.29 is 14.0 Å². The monoisotopic (exact) mass is 391 g/mol. The fourth-order valence-corrected chi connectivity index (χ4v) is 2.81. The number of aryl methyl sites for hydroxylation is 1. The maximum Gasteiger partial charge on any atom is 0.321 e. The van der Waals surface area contributed by atoms with Crippen LogP contribution in [0.5, 0.6) is 0 Å². The number of urea groups is 1. The maximum atomic E-state index is 13.3. The summed E-state index contributed by atoms with van der Waals surface area (Å²) < 4.78 is 13.3. The molecule has 0 aliphatic heterocycles. The van der Waals surface area contributed by atoms with Crippen LogP contribution in [0.4, 0.5) is 20.6 Å². The third kappa shape index (κ3) is 5.42. The molecule has 0 aliphatic rings. The Labute approximate surface area is 169 Å². The molecule has 0 fully saturated rings. The van der Waals surface area contributed by atoms with Crippen LogP contribution in [0.2, 0.25) is 0 Å². The number of amides is 3. The molecule has 2 N–H and O–H groups in total. The van der Waals surface area contributed by atoms with Crippen molar-refractivity contribution >= 4 is 23.3 Å². The number of anilines is 2. The summed E-state index contributed by atoms with van der Waals surface area (Å²) in [6, 6.07) is 20.0. The molecule has 29 heavy (non-hydrogen) atoms. The molecule has 3 amide bonds. The van der Waals surface area contributed by atoms with E-state index in [9.17, 15) is 14.0 Å². The van der Waals surface area contributed by atoms with Gasteiger partial charge in [-0.1, -0.05) is 36.4 Å². The van der Waals surface area contributed by atoms with Gasteiger partial charge in [-0.25, -0.2) is 9.18 Å². The molecule has 0 aliphatic carbocycles. The zero-order valence-electron chi connectivity index (χ0n) is 16.3. The van der Waals surface area contributed by atoms with Gasteiger partial charge in [0.2, 0.25) is 0 Å². The Morgan fingerprint density at radius 2 is 1.69 bits per heavy atom. The molecule has 3 aromatic rings. The zero-order chi connectivity index (χ0) is 20.8. The standard InChI is InChI=1S/C23H22FN3O2/c1-16-11-12-18(22(28)25-20-9-4-3-5-10-20)14-21(16)26-23(29)27(2)15-17-7-6-8-19(24)13-17/h3-14H,15H2,1-2H3,(H,25,28)(H,26,29). The average Bonchev–Trinajstić information content (AvgIpc) is 2.70. The van der Waals surface area contributed by atoms with Gasteiger partial charge in [0.15, 0.2) is 0 Å². The molecule has 0 heterocycles. The van der Waals surface area contributed by atoms with Crippen LogP contribution in [0.1, 0.15) is 21.5 Å². The summed E-state index contributed by atoms with van der Waals surface area (Å²) in [6.07, 6.45) is 0. The van der Waals surface area contributed by atoms with Crippen LogP contribution in [0, 0.1) is 12.7 Å². The second-order valence-electron chi connectivity index (χ2n) is 6.77. The van der Waals surface area contributed by atoms with Crippen molar-refractivity contribution in [3.8, 4) is 0 Å². The zero-order valence-corrected chi connectivity index (χ0v) is 16.3. The van der Waals surface area contributed by atoms with Crippen LogP contribution in [0.25, 0.3) is 0 Å². The number of hydrogen-bond donors (Lipinski definition) is 2. The lowest BCUT2D eigenvalue weighted by molar-refractivity contribution is 0.102. The predicted octanol–water partition coefficient (Wildman–Crippen LogP) is 5.05. The van der Waals surface area contributed by atoms with Crippen molar-refractivity contribution in [2.24, 2.45) is 0 Å². The average molecular weight is 391 g/mol. The summed E-state index contributed by atoms with van der Waals surface area (Å²) in [7, 11) is 1.63. The van der Waals surface area contributed by atoms with Gasteiger partial charge in [0.1, 0.15) is 5.82 Å². The summed E-state index contributed by atoms with van der Waals surface area (Å²) in [4.78, 5) is 26.5. The van der Waals surface area contributed by atoms with E-state index in [1.165, 1.54) is 17.0 Å². The van der Waals surface area contributed by atoms with Crippen LogP contribution in [0.3, 0.4) is 0 Å². The summed E-state index contributed by atoms with van der Waals surface area (Å²) in [6.45, 7) is 2.11. The number of nitrogens with one attached hydrogen (secondary N) is 2. The Morgan fingerprint density at radius 1 is 0.931 bits per heavy atom. The molecule has 148 valence electrons. The minimum absolute atomic E-state index is 0.261. The molecule has 3 aromatic carbocycles. The maximum absolute atomic E-state index is 13.3. The lowest BCUT2D eigenvalue weighted by Gasteiger charge is -2.19. The normalized spacial score (nSPS) is 10.3. The highest BCUT2D eigenvalue weighted by Gasteiger charge is 2.14. The first-order valence-corrected chi connectivity index (χ1v) is 9.16. The van der Waals surface area contributed by atoms with Crippen molar-refractivity contribution in [2.75, 3.05) is 17.7 Å². The smallest absolute Gasteiger partial charge is 0.321 e. The third-order valence-corrected chi connectivity index (χ3v) is 4.43. The topological polar surface area (TPSA) is 61.4 Å². The Morgan fingerprint density at radius 3 is 2.41 bits per heavy atom. The quantitative estimate of drug-likeness (QED) is 0.639. The van der Waals surface area contributed by atoms with Crippen LogP contribution in [-0.4, -0.2) is 23.9 Å². The van der Waals surface area contributed by atoms with Gasteiger partial charge in [0, 0.05) is 30.5 Å². The molecular weight excluding hydrogens is 369 g/mol. The predicted molar refractivity (Wildman–Crippen MR) is 112 cm³/mol. The van der Waals surface area contributed by atoms with Crippen molar-refractivity contribution in [3.63, 3.8) is 0 Å². The largest absolute Gasteiger partial charge is 0.323 e. The molecule has 0 spiro atoms. The first-order valence-electron chi connectivity index (χ1n) is 9.16. The molecule has 0 aromatic heterocycles. The third-order valence-electron chi connectivity index (χ3n) is 4.43. The van der Waals surface area contributed by atoms with Gasteiger partial charge in [-0.3, -0.25) is 4.79 Å². The van der Waals surface area contributed by atoms with Gasteiger partial charge in [0.05, 0.1) is 0 Å². The van der Waals surface area contributed by atoms with Gasteiger partial charge in [-0.15, -0.1) is 0 Å². The van der Waals surface area contributed by atoms with E-state index in [4.69, 9.17) is 0 Å². The minimum Gasteiger partial charge on any atom is -0.323 e. The lowest BCUT2D eigenvalue weighted by Crippen LogP contribution is -2.31. The van der Waals surface area contributed by atoms with E-state index in [0.717, 1.165) is 5.56 Å². The van der Waals surface area contributed by atoms with E-state index < -0.39 is 0 Å². The number of carbonyl (C=O) groups is 2. The molecule has 0 radical (unpaired) electrons. The minimum atomic E-state index is -0.349. The molecular formula is C23H22FN3O2. The van der Waals surface area contributed by atoms with E-state index in [-0.39, 0.29) is 24.3 Å². The second-order valence-corrected chi connectivity index (χ2v) is 6.77. The van der Waals surface area contributed by atoms with Crippen LogP contribution in [0.15, 0.2) is 72.8 Å². The molecule has 6 heteroatoms. The Bertz CT molecular complexity index is 1020. The first-order chi connectivity index (χ1) is 13.9. The number of benzene rings is 3. The fraction of sp³-hybridized carbons (Fsp3) is 0.130. The first kappa shape index (κ1) is 20.1. The number of carbonyl (C=O) groups excluding carboxylic acids is 2. The van der Waals surface area contributed by atoms with Crippen LogP contribution < -0.4 is 10.6 Å². The van der Waals surface area contributed by atoms with Crippen molar-refractivity contribution in [1.82, 2.24) is 4.90 Å². The van der Waals surface area contributed by atoms with E-state index in [2.05, 4.69) is 10.6 Å². The van der Waals surface area contributed by atoms with Gasteiger partial charge >= 0.3 is 6.03 Å². The van der Waals surface area contributed by atoms with Gasteiger partial charge < -0.3 is 15.5 Å². The molecule has 3 rings (SSSR count). The summed E-state index contributed by atoms with van der Waals surface area (Å²) in [5, 5.41) is 5.64. The number of nitrogens with zero attached hydrogens (tertiary/aromatic N) is 1. The summed E-state index contributed by atoms with van der Waals surface area (Å²) in [5.74, 6) is -0.607. The van der Waals surface area contributed by atoms with E-state index in [0.29, 0.717) is 22.5 Å². The number of para-hydroxylation sites is 1. The van der Waals surface area contributed by atoms with E-state index in [1.54, 1.807) is 49.5 Å². The van der Waals surface area contributed by atoms with Gasteiger partial charge in [-0.2, -0.15) is 0 Å². The Kier molecular flexibility index (Phi) is 6.24. The lowest BCUT2D eigenvalue weighted by atomic mass is 10.1. The second kappa shape index (κ2) is 9.01. The fourth-order valence-electron chi connectivity index (χ4n) is 2.81. The van der Waals surface area contributed by atoms with Crippen LogP contribution in [-0.2, 0) is 6.54 Å². The summed E-state index contributed by atoms with van der Waals surface area (Å²) in [5.41, 5.74) is 3.19. The number of hydrogen-bond acceptors (Lipinski definition) is 2. The molecule has 0 bridgehead atoms. The van der Waals surface area contributed by atoms with Crippen molar-refractivity contribution in [2.45, 2.75) is 13.5 Å². The number of rotatable bonds is 5. The molecule has 0 saturated carbocycles. The highest BCUT2D eigenvalue weighted by molar-refractivity contribution is 6.05. The number of halogens is 1. The van der Waals surface area contributed by atoms with E-state index >= 15 is 0 Å². The SMILES string of the molecule is Cc1ccc(C(=O)Nc2ccccc2)cc1NC(=O)N(C)Cc1cccc(F)c1. The Hall–Kier alpha value is -3.67.